The minimum Gasteiger partial charge on any atom is -0.390 e. The van der Waals surface area contributed by atoms with E-state index in [1.54, 1.807) is 6.20 Å². The Morgan fingerprint density at radius 3 is 2.69 bits per heavy atom. The number of benzene rings is 1. The van der Waals surface area contributed by atoms with Gasteiger partial charge in [-0.1, -0.05) is 12.1 Å². The number of likely N-dealkylation sites (tertiary alicyclic amines) is 1. The first-order chi connectivity index (χ1) is 12.7. The van der Waals surface area contributed by atoms with Gasteiger partial charge in [-0.15, -0.1) is 0 Å². The standard InChI is InChI=1S/C20H29N5O/c1-22-10-12-24(13-11-22)19-6-9-23(16-20(19)26)15-17-4-2-5-18(14-17)25-8-3-7-21-25/h2-5,7-8,14,19-20,26H,6,9-13,15-16H2,1H3/t19-,20-/m1/s1. The van der Waals surface area contributed by atoms with E-state index >= 15 is 0 Å². The maximum Gasteiger partial charge on any atom is 0.0822 e. The molecule has 140 valence electrons. The number of rotatable bonds is 4. The monoisotopic (exact) mass is 355 g/mol. The first-order valence-electron chi connectivity index (χ1n) is 9.61. The smallest absolute Gasteiger partial charge is 0.0822 e. The molecule has 0 radical (unpaired) electrons. The molecule has 1 N–H and O–H groups in total. The number of nitrogens with zero attached hydrogens (tertiary/aromatic N) is 5. The van der Waals surface area contributed by atoms with Gasteiger partial charge in [0.25, 0.3) is 0 Å². The molecule has 1 aromatic heterocycles. The summed E-state index contributed by atoms with van der Waals surface area (Å²) < 4.78 is 1.89. The van der Waals surface area contributed by atoms with Crippen LogP contribution in [0.15, 0.2) is 42.7 Å². The predicted octanol–water partition coefficient (Wildman–Crippen LogP) is 1.05. The Balaban J connectivity index is 1.35. The number of likely N-dealkylation sites (N-methyl/N-ethyl adjacent to an activating group) is 1. The van der Waals surface area contributed by atoms with Crippen LogP contribution in [-0.2, 0) is 6.54 Å². The lowest BCUT2D eigenvalue weighted by atomic mass is 9.98. The second-order valence-electron chi connectivity index (χ2n) is 7.62. The quantitative estimate of drug-likeness (QED) is 0.889. The molecule has 26 heavy (non-hydrogen) atoms. The van der Waals surface area contributed by atoms with Gasteiger partial charge < -0.3 is 10.0 Å². The zero-order valence-electron chi connectivity index (χ0n) is 15.5. The molecule has 2 aliphatic rings. The van der Waals surface area contributed by atoms with E-state index in [2.05, 4.69) is 51.1 Å². The number of piperazine rings is 1. The summed E-state index contributed by atoms with van der Waals surface area (Å²) in [5.41, 5.74) is 2.35. The third-order valence-electron chi connectivity index (χ3n) is 5.72. The van der Waals surface area contributed by atoms with Crippen LogP contribution in [0.5, 0.6) is 0 Å². The molecule has 0 bridgehead atoms. The molecule has 0 saturated carbocycles. The third kappa shape index (κ3) is 3.99. The van der Waals surface area contributed by atoms with E-state index in [4.69, 9.17) is 0 Å². The van der Waals surface area contributed by atoms with E-state index in [1.165, 1.54) is 5.56 Å². The van der Waals surface area contributed by atoms with E-state index in [1.807, 2.05) is 16.9 Å². The zero-order valence-corrected chi connectivity index (χ0v) is 15.5. The van der Waals surface area contributed by atoms with Gasteiger partial charge in [-0.25, -0.2) is 4.68 Å². The van der Waals surface area contributed by atoms with Crippen molar-refractivity contribution in [1.82, 2.24) is 24.5 Å². The second-order valence-corrected chi connectivity index (χ2v) is 7.62. The lowest BCUT2D eigenvalue weighted by molar-refractivity contribution is -0.0286. The van der Waals surface area contributed by atoms with Gasteiger partial charge in [0, 0.05) is 64.2 Å². The SMILES string of the molecule is CN1CCN([C@@H]2CCN(Cc3cccc(-n4cccn4)c3)C[C@H]2O)CC1. The van der Waals surface area contributed by atoms with Crippen molar-refractivity contribution in [2.75, 3.05) is 46.3 Å². The van der Waals surface area contributed by atoms with Crippen LogP contribution in [-0.4, -0.2) is 88.0 Å². The van der Waals surface area contributed by atoms with Crippen molar-refractivity contribution in [1.29, 1.82) is 0 Å². The summed E-state index contributed by atoms with van der Waals surface area (Å²) in [7, 11) is 2.17. The molecule has 6 heteroatoms. The summed E-state index contributed by atoms with van der Waals surface area (Å²) in [5.74, 6) is 0. The van der Waals surface area contributed by atoms with Crippen LogP contribution < -0.4 is 0 Å². The highest BCUT2D eigenvalue weighted by molar-refractivity contribution is 5.35. The molecule has 2 fully saturated rings. The van der Waals surface area contributed by atoms with Gasteiger partial charge in [0.15, 0.2) is 0 Å². The van der Waals surface area contributed by atoms with Gasteiger partial charge in [-0.3, -0.25) is 9.80 Å². The Kier molecular flexibility index (Phi) is 5.36. The summed E-state index contributed by atoms with van der Waals surface area (Å²) in [6, 6.07) is 10.8. The molecule has 0 amide bonds. The number of hydrogen-bond acceptors (Lipinski definition) is 5. The highest BCUT2D eigenvalue weighted by Crippen LogP contribution is 2.21. The number of β-amino-alcohol motifs (C(OH)–C–C–N with tert-alkyl or cyclic N) is 1. The molecule has 1 aromatic carbocycles. The van der Waals surface area contributed by atoms with Crippen LogP contribution in [0.25, 0.3) is 5.69 Å². The summed E-state index contributed by atoms with van der Waals surface area (Å²) in [6.07, 6.45) is 4.54. The fourth-order valence-electron chi connectivity index (χ4n) is 4.18. The number of aliphatic hydroxyl groups is 1. The largest absolute Gasteiger partial charge is 0.390 e. The Bertz CT molecular complexity index is 696. The average Bonchev–Trinajstić information content (AvgIpc) is 3.18. The summed E-state index contributed by atoms with van der Waals surface area (Å²) >= 11 is 0. The lowest BCUT2D eigenvalue weighted by Crippen LogP contribution is -2.58. The summed E-state index contributed by atoms with van der Waals surface area (Å²) in [5, 5.41) is 15.0. The fraction of sp³-hybridized carbons (Fsp3) is 0.550. The lowest BCUT2D eigenvalue weighted by Gasteiger charge is -2.44. The molecule has 2 atom stereocenters. The van der Waals surface area contributed by atoms with Crippen molar-refractivity contribution in [3.63, 3.8) is 0 Å². The number of piperidine rings is 1. The molecule has 6 nitrogen and oxygen atoms in total. The van der Waals surface area contributed by atoms with Gasteiger partial charge in [-0.2, -0.15) is 5.10 Å². The van der Waals surface area contributed by atoms with E-state index < -0.39 is 0 Å². The molecule has 4 rings (SSSR count). The molecule has 0 aliphatic carbocycles. The van der Waals surface area contributed by atoms with Crippen molar-refractivity contribution >= 4 is 0 Å². The van der Waals surface area contributed by atoms with Crippen LogP contribution in [0.2, 0.25) is 0 Å². The zero-order chi connectivity index (χ0) is 17.9. The molecule has 2 aliphatic heterocycles. The molecule has 2 aromatic rings. The fourth-order valence-corrected chi connectivity index (χ4v) is 4.18. The summed E-state index contributed by atoms with van der Waals surface area (Å²) in [6.45, 7) is 7.03. The summed E-state index contributed by atoms with van der Waals surface area (Å²) in [4.78, 5) is 7.23. The van der Waals surface area contributed by atoms with Crippen LogP contribution >= 0.6 is 0 Å². The molecule has 3 heterocycles. The maximum atomic E-state index is 10.7. The van der Waals surface area contributed by atoms with Gasteiger partial charge in [-0.05, 0) is 37.2 Å². The van der Waals surface area contributed by atoms with Gasteiger partial charge in [0.05, 0.1) is 11.8 Å². The minimum atomic E-state index is -0.263. The molecule has 0 spiro atoms. The normalized spacial score (nSPS) is 26.2. The van der Waals surface area contributed by atoms with E-state index in [0.29, 0.717) is 6.04 Å². The molecule has 2 saturated heterocycles. The Morgan fingerprint density at radius 2 is 1.96 bits per heavy atom. The number of hydrogen-bond donors (Lipinski definition) is 1. The van der Waals surface area contributed by atoms with Crippen LogP contribution in [0.4, 0.5) is 0 Å². The average molecular weight is 355 g/mol. The molecular formula is C20H29N5O. The maximum absolute atomic E-state index is 10.7. The minimum absolute atomic E-state index is 0.263. The van der Waals surface area contributed by atoms with E-state index in [-0.39, 0.29) is 6.10 Å². The highest BCUT2D eigenvalue weighted by Gasteiger charge is 2.33. The number of aliphatic hydroxyl groups excluding tert-OH is 1. The first kappa shape index (κ1) is 17.7. The van der Waals surface area contributed by atoms with Crippen molar-refractivity contribution in [2.45, 2.75) is 25.1 Å². The highest BCUT2D eigenvalue weighted by atomic mass is 16.3. The van der Waals surface area contributed by atoms with Gasteiger partial charge in [0.1, 0.15) is 0 Å². The van der Waals surface area contributed by atoms with Crippen molar-refractivity contribution in [2.24, 2.45) is 0 Å². The van der Waals surface area contributed by atoms with Crippen molar-refractivity contribution < 1.29 is 5.11 Å². The van der Waals surface area contributed by atoms with Crippen LogP contribution in [0, 0.1) is 0 Å². The Labute approximate surface area is 155 Å². The third-order valence-corrected chi connectivity index (χ3v) is 5.72. The predicted molar refractivity (Wildman–Crippen MR) is 102 cm³/mol. The van der Waals surface area contributed by atoms with E-state index in [9.17, 15) is 5.11 Å². The van der Waals surface area contributed by atoms with Crippen LogP contribution in [0.1, 0.15) is 12.0 Å². The number of aromatic nitrogens is 2. The Morgan fingerprint density at radius 1 is 1.12 bits per heavy atom. The van der Waals surface area contributed by atoms with Crippen molar-refractivity contribution in [3.05, 3.63) is 48.3 Å². The molecular weight excluding hydrogens is 326 g/mol. The van der Waals surface area contributed by atoms with E-state index in [0.717, 1.165) is 57.9 Å². The topological polar surface area (TPSA) is 47.8 Å². The molecule has 0 unspecified atom stereocenters. The first-order valence-corrected chi connectivity index (χ1v) is 9.61. The Hall–Kier alpha value is -1.73. The van der Waals surface area contributed by atoms with Crippen LogP contribution in [0.3, 0.4) is 0 Å². The second kappa shape index (κ2) is 7.88. The van der Waals surface area contributed by atoms with Crippen molar-refractivity contribution in [3.8, 4) is 5.69 Å². The van der Waals surface area contributed by atoms with Gasteiger partial charge >= 0.3 is 0 Å². The van der Waals surface area contributed by atoms with Gasteiger partial charge in [0.2, 0.25) is 0 Å².